The van der Waals surface area contributed by atoms with Crippen LogP contribution in [0.15, 0.2) is 18.2 Å². The highest BCUT2D eigenvalue weighted by Gasteiger charge is 2.33. The van der Waals surface area contributed by atoms with Gasteiger partial charge in [-0.1, -0.05) is 6.07 Å². The Morgan fingerprint density at radius 2 is 2.05 bits per heavy atom. The molecule has 0 bridgehead atoms. The lowest BCUT2D eigenvalue weighted by Gasteiger charge is -2.28. The number of hydrogen-bond acceptors (Lipinski definition) is 5. The number of carbonyl (C=O) groups is 1. The molecule has 6 heteroatoms. The topological polar surface area (TPSA) is 38.8 Å². The summed E-state index contributed by atoms with van der Waals surface area (Å²) in [4.78, 5) is 13.7. The Labute approximate surface area is 122 Å². The third kappa shape index (κ3) is 2.79. The minimum atomic E-state index is -0.0874. The Kier molecular flexibility index (Phi) is 4.52. The third-order valence-electron chi connectivity index (χ3n) is 3.19. The second kappa shape index (κ2) is 5.96. The molecule has 0 spiro atoms. The van der Waals surface area contributed by atoms with Crippen LogP contribution in [0.3, 0.4) is 0 Å². The maximum atomic E-state index is 11.9. The molecular weight excluding hydrogens is 282 g/mol. The van der Waals surface area contributed by atoms with E-state index in [0.29, 0.717) is 17.3 Å². The molecule has 1 aliphatic heterocycles. The van der Waals surface area contributed by atoms with E-state index in [1.165, 1.54) is 11.8 Å². The lowest BCUT2D eigenvalue weighted by atomic mass is 10.1. The lowest BCUT2D eigenvalue weighted by Crippen LogP contribution is -2.32. The molecule has 1 aromatic carbocycles. The minimum Gasteiger partial charge on any atom is -0.493 e. The summed E-state index contributed by atoms with van der Waals surface area (Å²) in [7, 11) is 3.20. The summed E-state index contributed by atoms with van der Waals surface area (Å²) in [5.41, 5.74) is 1.01. The SMILES string of the molecule is COc1ccc(C(C)N2C(=O)CSC2S)cc1OC. The molecule has 2 atom stereocenters. The molecule has 0 radical (unpaired) electrons. The van der Waals surface area contributed by atoms with E-state index >= 15 is 0 Å². The highest BCUT2D eigenvalue weighted by molar-refractivity contribution is 8.11. The first-order valence-electron chi connectivity index (χ1n) is 5.91. The van der Waals surface area contributed by atoms with Crippen molar-refractivity contribution in [3.63, 3.8) is 0 Å². The number of ether oxygens (including phenoxy) is 2. The van der Waals surface area contributed by atoms with Crippen molar-refractivity contribution >= 4 is 30.3 Å². The van der Waals surface area contributed by atoms with Crippen LogP contribution in [0.5, 0.6) is 11.5 Å². The number of carbonyl (C=O) groups excluding carboxylic acids is 1. The van der Waals surface area contributed by atoms with Gasteiger partial charge in [-0.2, -0.15) is 0 Å². The van der Waals surface area contributed by atoms with Gasteiger partial charge in [0.2, 0.25) is 5.91 Å². The van der Waals surface area contributed by atoms with E-state index in [4.69, 9.17) is 9.47 Å². The monoisotopic (exact) mass is 299 g/mol. The second-order valence-corrected chi connectivity index (χ2v) is 6.14. The molecule has 4 nitrogen and oxygen atoms in total. The summed E-state index contributed by atoms with van der Waals surface area (Å²) in [5, 5.41) is 0. The molecule has 2 unspecified atom stereocenters. The molecule has 0 N–H and O–H groups in total. The molecule has 1 saturated heterocycles. The average molecular weight is 299 g/mol. The van der Waals surface area contributed by atoms with Crippen LogP contribution in [0.1, 0.15) is 18.5 Å². The van der Waals surface area contributed by atoms with Gasteiger partial charge in [-0.25, -0.2) is 0 Å². The molecular formula is C13H17NO3S2. The van der Waals surface area contributed by atoms with Crippen LogP contribution in [0.2, 0.25) is 0 Å². The molecule has 1 aliphatic rings. The first-order chi connectivity index (χ1) is 9.08. The summed E-state index contributed by atoms with van der Waals surface area (Å²) in [6, 6.07) is 5.67. The first-order valence-corrected chi connectivity index (χ1v) is 7.47. The summed E-state index contributed by atoms with van der Waals surface area (Å²) >= 11 is 5.97. The Morgan fingerprint density at radius 1 is 1.37 bits per heavy atom. The van der Waals surface area contributed by atoms with Crippen LogP contribution in [0.4, 0.5) is 0 Å². The Hall–Kier alpha value is -1.01. The van der Waals surface area contributed by atoms with Crippen molar-refractivity contribution in [2.45, 2.75) is 17.7 Å². The fourth-order valence-corrected chi connectivity index (χ4v) is 3.56. The minimum absolute atomic E-state index is 0.0372. The number of nitrogens with zero attached hydrogens (tertiary/aromatic N) is 1. The van der Waals surface area contributed by atoms with Crippen LogP contribution < -0.4 is 9.47 Å². The highest BCUT2D eigenvalue weighted by Crippen LogP contribution is 2.37. The molecule has 104 valence electrons. The van der Waals surface area contributed by atoms with E-state index in [-0.39, 0.29) is 16.7 Å². The summed E-state index contributed by atoms with van der Waals surface area (Å²) in [6.07, 6.45) is 0. The average Bonchev–Trinajstić information content (AvgIpc) is 2.76. The number of thioether (sulfide) groups is 1. The standard InChI is InChI=1S/C13H17NO3S2/c1-8(14-12(15)7-19-13(14)18)9-4-5-10(16-2)11(6-9)17-3/h4-6,8,13,18H,7H2,1-3H3. The van der Waals surface area contributed by atoms with Gasteiger partial charge in [0.15, 0.2) is 11.5 Å². The quantitative estimate of drug-likeness (QED) is 0.867. The highest BCUT2D eigenvalue weighted by atomic mass is 32.2. The number of rotatable bonds is 4. The van der Waals surface area contributed by atoms with Gasteiger partial charge in [-0.15, -0.1) is 24.4 Å². The lowest BCUT2D eigenvalue weighted by molar-refractivity contribution is -0.128. The van der Waals surface area contributed by atoms with Crippen molar-refractivity contribution in [1.82, 2.24) is 4.90 Å². The number of benzene rings is 1. The van der Waals surface area contributed by atoms with Crippen molar-refractivity contribution in [2.24, 2.45) is 0 Å². The molecule has 0 aliphatic carbocycles. The zero-order valence-electron chi connectivity index (χ0n) is 11.1. The Bertz CT molecular complexity index is 481. The zero-order valence-corrected chi connectivity index (χ0v) is 12.8. The molecule has 2 rings (SSSR count). The predicted octanol–water partition coefficient (Wildman–Crippen LogP) is 2.55. The van der Waals surface area contributed by atoms with Gasteiger partial charge in [0.25, 0.3) is 0 Å². The molecule has 0 aromatic heterocycles. The molecule has 1 aromatic rings. The number of hydrogen-bond donors (Lipinski definition) is 1. The van der Waals surface area contributed by atoms with E-state index in [9.17, 15) is 4.79 Å². The second-order valence-electron chi connectivity index (χ2n) is 4.23. The zero-order chi connectivity index (χ0) is 14.0. The van der Waals surface area contributed by atoms with Gasteiger partial charge < -0.3 is 14.4 Å². The van der Waals surface area contributed by atoms with E-state index in [1.54, 1.807) is 19.1 Å². The van der Waals surface area contributed by atoms with Crippen molar-refractivity contribution in [3.8, 4) is 11.5 Å². The largest absolute Gasteiger partial charge is 0.493 e. The van der Waals surface area contributed by atoms with E-state index in [1.807, 2.05) is 25.1 Å². The van der Waals surface area contributed by atoms with Gasteiger partial charge >= 0.3 is 0 Å². The van der Waals surface area contributed by atoms with Gasteiger partial charge in [0, 0.05) is 0 Å². The Balaban J connectivity index is 2.28. The molecule has 1 amide bonds. The van der Waals surface area contributed by atoms with E-state index < -0.39 is 0 Å². The normalized spacial score (nSPS) is 20.5. The molecule has 1 fully saturated rings. The van der Waals surface area contributed by atoms with Crippen molar-refractivity contribution < 1.29 is 14.3 Å². The third-order valence-corrected chi connectivity index (χ3v) is 4.82. The van der Waals surface area contributed by atoms with E-state index in [2.05, 4.69) is 12.6 Å². The predicted molar refractivity (Wildman–Crippen MR) is 80.0 cm³/mol. The smallest absolute Gasteiger partial charge is 0.234 e. The first kappa shape index (κ1) is 14.4. The fraction of sp³-hybridized carbons (Fsp3) is 0.462. The van der Waals surface area contributed by atoms with Crippen molar-refractivity contribution in [3.05, 3.63) is 23.8 Å². The molecule has 19 heavy (non-hydrogen) atoms. The van der Waals surface area contributed by atoms with E-state index in [0.717, 1.165) is 5.56 Å². The molecule has 0 saturated carbocycles. The van der Waals surface area contributed by atoms with Gasteiger partial charge in [-0.05, 0) is 24.6 Å². The summed E-state index contributed by atoms with van der Waals surface area (Å²) in [6.45, 7) is 1.99. The van der Waals surface area contributed by atoms with Crippen molar-refractivity contribution in [1.29, 1.82) is 0 Å². The Morgan fingerprint density at radius 3 is 2.58 bits per heavy atom. The van der Waals surface area contributed by atoms with Crippen LogP contribution in [0, 0.1) is 0 Å². The maximum Gasteiger partial charge on any atom is 0.234 e. The number of amides is 1. The van der Waals surface area contributed by atoms with Crippen LogP contribution in [0.25, 0.3) is 0 Å². The molecule has 1 heterocycles. The number of methoxy groups -OCH3 is 2. The van der Waals surface area contributed by atoms with Crippen LogP contribution in [-0.4, -0.2) is 35.5 Å². The van der Waals surface area contributed by atoms with Gasteiger partial charge in [-0.3, -0.25) is 4.79 Å². The van der Waals surface area contributed by atoms with Gasteiger partial charge in [0.1, 0.15) is 4.71 Å². The van der Waals surface area contributed by atoms with Crippen LogP contribution >= 0.6 is 24.4 Å². The van der Waals surface area contributed by atoms with Gasteiger partial charge in [0.05, 0.1) is 26.0 Å². The maximum absolute atomic E-state index is 11.9. The van der Waals surface area contributed by atoms with Crippen LogP contribution in [-0.2, 0) is 4.79 Å². The fourth-order valence-electron chi connectivity index (χ4n) is 2.10. The summed E-state index contributed by atoms with van der Waals surface area (Å²) in [5.74, 6) is 1.96. The summed E-state index contributed by atoms with van der Waals surface area (Å²) < 4.78 is 10.4. The number of thiol groups is 1. The van der Waals surface area contributed by atoms with Crippen molar-refractivity contribution in [2.75, 3.05) is 20.0 Å².